The van der Waals surface area contributed by atoms with E-state index < -0.39 is 6.09 Å². The number of benzene rings is 2. The zero-order valence-corrected chi connectivity index (χ0v) is 24.4. The molecule has 2 amide bonds. The Kier molecular flexibility index (Phi) is 10.4. The van der Waals surface area contributed by atoms with E-state index in [9.17, 15) is 14.4 Å². The maximum Gasteiger partial charge on any atom is 0.435 e. The monoisotopic (exact) mass is 586 g/mol. The number of anilines is 1. The van der Waals surface area contributed by atoms with Crippen molar-refractivity contribution in [2.75, 3.05) is 24.7 Å². The van der Waals surface area contributed by atoms with Gasteiger partial charge in [-0.3, -0.25) is 14.5 Å². The summed E-state index contributed by atoms with van der Waals surface area (Å²) in [5.74, 6) is 1.00. The zero-order valence-electron chi connectivity index (χ0n) is 24.4. The van der Waals surface area contributed by atoms with Crippen molar-refractivity contribution in [1.29, 1.82) is 0 Å². The molecule has 0 unspecified atom stereocenters. The Morgan fingerprint density at radius 3 is 2.47 bits per heavy atom. The van der Waals surface area contributed by atoms with Crippen LogP contribution in [0.5, 0.6) is 5.75 Å². The molecule has 0 spiro atoms. The van der Waals surface area contributed by atoms with Gasteiger partial charge in [-0.1, -0.05) is 13.0 Å². The number of ether oxygens (including phenoxy) is 3. The molecule has 12 nitrogen and oxygen atoms in total. The molecule has 4 rings (SSSR count). The average Bonchev–Trinajstić information content (AvgIpc) is 3.34. The summed E-state index contributed by atoms with van der Waals surface area (Å²) in [5, 5.41) is 0. The summed E-state index contributed by atoms with van der Waals surface area (Å²) in [4.78, 5) is 51.5. The number of aliphatic imine (C=N–C) groups is 1. The Balaban J connectivity index is 1.47. The van der Waals surface area contributed by atoms with Crippen LogP contribution in [-0.4, -0.2) is 58.1 Å². The van der Waals surface area contributed by atoms with Crippen LogP contribution in [0, 0.1) is 0 Å². The number of imidazole rings is 1. The summed E-state index contributed by atoms with van der Waals surface area (Å²) in [6, 6.07) is 17.3. The van der Waals surface area contributed by atoms with Gasteiger partial charge >= 0.3 is 12.1 Å². The van der Waals surface area contributed by atoms with Crippen molar-refractivity contribution < 1.29 is 28.6 Å². The first kappa shape index (κ1) is 30.7. The minimum atomic E-state index is -0.729. The van der Waals surface area contributed by atoms with Crippen LogP contribution in [0.2, 0.25) is 0 Å². The second-order valence-corrected chi connectivity index (χ2v) is 9.41. The number of hydrogen-bond acceptors (Lipinski definition) is 8. The zero-order chi connectivity index (χ0) is 30.8. The van der Waals surface area contributed by atoms with Gasteiger partial charge in [-0.05, 0) is 67.9 Å². The third-order valence-corrected chi connectivity index (χ3v) is 6.40. The molecule has 224 valence electrons. The molecule has 0 saturated carbocycles. The number of nitrogens with two attached hydrogens (primary N) is 1. The molecule has 43 heavy (non-hydrogen) atoms. The second kappa shape index (κ2) is 14.6. The van der Waals surface area contributed by atoms with Crippen LogP contribution in [0.15, 0.2) is 71.9 Å². The Morgan fingerprint density at radius 1 is 1.00 bits per heavy atom. The number of hydrogen-bond donors (Lipinski definition) is 1. The predicted octanol–water partition coefficient (Wildman–Crippen LogP) is 4.40. The van der Waals surface area contributed by atoms with Crippen LogP contribution in [0.1, 0.15) is 48.4 Å². The van der Waals surface area contributed by atoms with Gasteiger partial charge in [-0.25, -0.2) is 14.8 Å². The molecule has 0 atom stereocenters. The SMILES string of the molecule is CCCOC(=O)/N=C(/N)c1ccc(OCc2nc3cc(C(=O)N(CCC(=O)OCC)c4ccccn4)ccc3n2C)cc1. The Labute approximate surface area is 249 Å². The lowest BCUT2D eigenvalue weighted by Gasteiger charge is -2.21. The number of aromatic nitrogens is 3. The van der Waals surface area contributed by atoms with Crippen molar-refractivity contribution in [1.82, 2.24) is 14.5 Å². The molecule has 0 radical (unpaired) electrons. The summed E-state index contributed by atoms with van der Waals surface area (Å²) in [6.07, 6.45) is 1.60. The number of nitrogens with zero attached hydrogens (tertiary/aromatic N) is 5. The van der Waals surface area contributed by atoms with E-state index >= 15 is 0 Å². The highest BCUT2D eigenvalue weighted by atomic mass is 16.5. The quantitative estimate of drug-likeness (QED) is 0.145. The third kappa shape index (κ3) is 7.94. The standard InChI is InChI=1S/C31H34N6O6/c1-4-18-42-31(40)35-29(32)21-9-12-23(13-10-21)43-20-27-34-24-19-22(11-14-25(24)36(27)3)30(39)37(17-15-28(38)41-5-2)26-8-6-7-16-33-26/h6-14,16,19H,4-5,15,17-18,20H2,1-3H3,(H2,32,35,40). The highest BCUT2D eigenvalue weighted by molar-refractivity contribution is 6.07. The van der Waals surface area contributed by atoms with Crippen LogP contribution in [0.25, 0.3) is 11.0 Å². The maximum atomic E-state index is 13.6. The number of pyridine rings is 1. The van der Waals surface area contributed by atoms with Crippen LogP contribution in [-0.2, 0) is 27.9 Å². The molecule has 0 aliphatic carbocycles. The second-order valence-electron chi connectivity index (χ2n) is 9.41. The number of rotatable bonds is 12. The highest BCUT2D eigenvalue weighted by Gasteiger charge is 2.21. The van der Waals surface area contributed by atoms with E-state index in [-0.39, 0.29) is 50.5 Å². The lowest BCUT2D eigenvalue weighted by atomic mass is 10.1. The van der Waals surface area contributed by atoms with E-state index in [2.05, 4.69) is 9.98 Å². The fraction of sp³-hybridized carbons (Fsp3) is 0.290. The Bertz CT molecular complexity index is 1600. The fourth-order valence-electron chi connectivity index (χ4n) is 4.19. The Morgan fingerprint density at radius 2 is 1.77 bits per heavy atom. The number of fused-ring (bicyclic) bond motifs is 1. The van der Waals surface area contributed by atoms with Gasteiger partial charge in [0.2, 0.25) is 0 Å². The van der Waals surface area contributed by atoms with Crippen LogP contribution >= 0.6 is 0 Å². The van der Waals surface area contributed by atoms with E-state index in [0.29, 0.717) is 40.5 Å². The van der Waals surface area contributed by atoms with Gasteiger partial charge in [-0.2, -0.15) is 4.99 Å². The van der Waals surface area contributed by atoms with Crippen molar-refractivity contribution in [2.24, 2.45) is 17.8 Å². The number of esters is 1. The molecular formula is C31H34N6O6. The van der Waals surface area contributed by atoms with Crippen molar-refractivity contribution in [2.45, 2.75) is 33.3 Å². The molecule has 2 heterocycles. The summed E-state index contributed by atoms with van der Waals surface area (Å²) in [7, 11) is 1.87. The lowest BCUT2D eigenvalue weighted by molar-refractivity contribution is -0.142. The van der Waals surface area contributed by atoms with Crippen molar-refractivity contribution in [3.63, 3.8) is 0 Å². The van der Waals surface area contributed by atoms with Gasteiger partial charge in [0.15, 0.2) is 0 Å². The molecular weight excluding hydrogens is 552 g/mol. The fourth-order valence-corrected chi connectivity index (χ4v) is 4.19. The molecule has 12 heteroatoms. The van der Waals surface area contributed by atoms with E-state index in [1.807, 2.05) is 24.6 Å². The topological polar surface area (TPSA) is 151 Å². The first-order chi connectivity index (χ1) is 20.8. The van der Waals surface area contributed by atoms with Crippen LogP contribution in [0.3, 0.4) is 0 Å². The smallest absolute Gasteiger partial charge is 0.435 e. The normalized spacial score (nSPS) is 11.3. The molecule has 4 aromatic rings. The van der Waals surface area contributed by atoms with Gasteiger partial charge < -0.3 is 24.5 Å². The summed E-state index contributed by atoms with van der Waals surface area (Å²) in [6.45, 7) is 4.46. The number of amides is 2. The minimum absolute atomic E-state index is 0.0370. The number of carbonyl (C=O) groups is 3. The van der Waals surface area contributed by atoms with Crippen molar-refractivity contribution in [3.8, 4) is 5.75 Å². The summed E-state index contributed by atoms with van der Waals surface area (Å²) in [5.41, 5.74) is 8.32. The molecule has 2 aromatic heterocycles. The predicted molar refractivity (Wildman–Crippen MR) is 161 cm³/mol. The van der Waals surface area contributed by atoms with Crippen LogP contribution < -0.4 is 15.4 Å². The van der Waals surface area contributed by atoms with Gasteiger partial charge in [0, 0.05) is 30.9 Å². The minimum Gasteiger partial charge on any atom is -0.486 e. The lowest BCUT2D eigenvalue weighted by Crippen LogP contribution is -2.34. The maximum absolute atomic E-state index is 13.6. The van der Waals surface area contributed by atoms with Gasteiger partial charge in [0.25, 0.3) is 5.91 Å². The molecule has 0 bridgehead atoms. The largest absolute Gasteiger partial charge is 0.486 e. The molecule has 0 aliphatic rings. The van der Waals surface area contributed by atoms with Crippen molar-refractivity contribution in [3.05, 3.63) is 83.8 Å². The first-order valence-corrected chi connectivity index (χ1v) is 13.9. The molecule has 0 saturated heterocycles. The Hall–Kier alpha value is -5.26. The average molecular weight is 587 g/mol. The summed E-state index contributed by atoms with van der Waals surface area (Å²) < 4.78 is 17.8. The van der Waals surface area contributed by atoms with Gasteiger partial charge in [0.05, 0.1) is 30.7 Å². The molecule has 2 aromatic carbocycles. The third-order valence-electron chi connectivity index (χ3n) is 6.40. The van der Waals surface area contributed by atoms with Gasteiger partial charge in [-0.15, -0.1) is 0 Å². The van der Waals surface area contributed by atoms with E-state index in [1.165, 1.54) is 4.90 Å². The van der Waals surface area contributed by atoms with E-state index in [4.69, 9.17) is 24.9 Å². The first-order valence-electron chi connectivity index (χ1n) is 13.9. The number of amidine groups is 1. The van der Waals surface area contributed by atoms with Crippen molar-refractivity contribution >= 4 is 40.7 Å². The highest BCUT2D eigenvalue weighted by Crippen LogP contribution is 2.22. The molecule has 0 fully saturated rings. The molecule has 0 aliphatic heterocycles. The number of aryl methyl sites for hydroxylation is 1. The van der Waals surface area contributed by atoms with E-state index in [1.54, 1.807) is 67.7 Å². The number of carbonyl (C=O) groups excluding carboxylic acids is 3. The van der Waals surface area contributed by atoms with Gasteiger partial charge in [0.1, 0.15) is 29.8 Å². The van der Waals surface area contributed by atoms with Crippen LogP contribution in [0.4, 0.5) is 10.6 Å². The van der Waals surface area contributed by atoms with E-state index in [0.717, 1.165) is 5.52 Å². The summed E-state index contributed by atoms with van der Waals surface area (Å²) >= 11 is 0. The molecule has 2 N–H and O–H groups in total.